The van der Waals surface area contributed by atoms with Crippen molar-refractivity contribution >= 4 is 28.8 Å². The van der Waals surface area contributed by atoms with Gasteiger partial charge < -0.3 is 4.74 Å². The standard InChI is InChI=1S/C15H14N2O2/c1-2-19-15(18)17-10-16-9-13-12-6-4-3-5-11(12)7-8-14(13)17/h3-9H,2,10H2,1H3. The van der Waals surface area contributed by atoms with Gasteiger partial charge in [-0.15, -0.1) is 0 Å². The molecular weight excluding hydrogens is 240 g/mol. The molecule has 0 radical (unpaired) electrons. The van der Waals surface area contributed by atoms with Gasteiger partial charge in [-0.3, -0.25) is 9.89 Å². The van der Waals surface area contributed by atoms with Crippen molar-refractivity contribution in [3.63, 3.8) is 0 Å². The van der Waals surface area contributed by atoms with Crippen molar-refractivity contribution in [3.05, 3.63) is 42.0 Å². The lowest BCUT2D eigenvalue weighted by Crippen LogP contribution is -2.34. The molecule has 0 saturated heterocycles. The average molecular weight is 254 g/mol. The van der Waals surface area contributed by atoms with Gasteiger partial charge in [0.25, 0.3) is 0 Å². The highest BCUT2D eigenvalue weighted by Crippen LogP contribution is 2.30. The molecule has 1 amide bonds. The molecule has 0 spiro atoms. The summed E-state index contributed by atoms with van der Waals surface area (Å²) in [6.45, 7) is 2.47. The normalized spacial score (nSPS) is 13.4. The van der Waals surface area contributed by atoms with Gasteiger partial charge in [-0.05, 0) is 23.8 Å². The van der Waals surface area contributed by atoms with Crippen molar-refractivity contribution in [1.29, 1.82) is 0 Å². The fourth-order valence-electron chi connectivity index (χ4n) is 2.30. The Hall–Kier alpha value is -2.36. The molecule has 1 aliphatic rings. The second-order valence-corrected chi connectivity index (χ2v) is 4.30. The number of nitrogens with zero attached hydrogens (tertiary/aromatic N) is 2. The Balaban J connectivity index is 2.13. The van der Waals surface area contributed by atoms with Crippen LogP contribution in [0.5, 0.6) is 0 Å². The highest BCUT2D eigenvalue weighted by atomic mass is 16.6. The molecule has 19 heavy (non-hydrogen) atoms. The lowest BCUT2D eigenvalue weighted by atomic mass is 10.0. The minimum absolute atomic E-state index is 0.310. The van der Waals surface area contributed by atoms with Crippen LogP contribution in [0.2, 0.25) is 0 Å². The predicted octanol–water partition coefficient (Wildman–Crippen LogP) is 3.19. The number of anilines is 1. The molecule has 0 unspecified atom stereocenters. The molecule has 0 atom stereocenters. The second-order valence-electron chi connectivity index (χ2n) is 4.30. The molecule has 0 fully saturated rings. The lowest BCUT2D eigenvalue weighted by Gasteiger charge is -2.25. The largest absolute Gasteiger partial charge is 0.449 e. The summed E-state index contributed by atoms with van der Waals surface area (Å²) < 4.78 is 5.06. The fourth-order valence-corrected chi connectivity index (χ4v) is 2.30. The fraction of sp³-hybridized carbons (Fsp3) is 0.200. The predicted molar refractivity (Wildman–Crippen MR) is 75.9 cm³/mol. The van der Waals surface area contributed by atoms with Crippen molar-refractivity contribution in [2.75, 3.05) is 18.2 Å². The Bertz CT molecular complexity index is 664. The van der Waals surface area contributed by atoms with Crippen molar-refractivity contribution in [2.45, 2.75) is 6.92 Å². The number of ether oxygens (including phenoxy) is 1. The van der Waals surface area contributed by atoms with Crippen LogP contribution in [0.15, 0.2) is 41.4 Å². The van der Waals surface area contributed by atoms with Crippen LogP contribution in [-0.2, 0) is 4.74 Å². The van der Waals surface area contributed by atoms with E-state index >= 15 is 0 Å². The SMILES string of the molecule is CCOC(=O)N1CN=Cc2c1ccc1ccccc21. The molecule has 96 valence electrons. The molecule has 2 aromatic rings. The number of fused-ring (bicyclic) bond motifs is 3. The second kappa shape index (κ2) is 4.72. The van der Waals surface area contributed by atoms with E-state index in [1.54, 1.807) is 11.8 Å². The van der Waals surface area contributed by atoms with Gasteiger partial charge in [-0.1, -0.05) is 30.3 Å². The summed E-state index contributed by atoms with van der Waals surface area (Å²) in [4.78, 5) is 17.7. The van der Waals surface area contributed by atoms with Crippen LogP contribution < -0.4 is 4.90 Å². The molecule has 0 saturated carbocycles. The van der Waals surface area contributed by atoms with Gasteiger partial charge in [0.2, 0.25) is 0 Å². The van der Waals surface area contributed by atoms with Gasteiger partial charge in [0.1, 0.15) is 6.67 Å². The summed E-state index contributed by atoms with van der Waals surface area (Å²) in [5.74, 6) is 0. The first-order valence-electron chi connectivity index (χ1n) is 6.27. The summed E-state index contributed by atoms with van der Waals surface area (Å²) in [5, 5.41) is 2.23. The number of rotatable bonds is 1. The maximum atomic E-state index is 11.9. The first kappa shape index (κ1) is 11.7. The highest BCUT2D eigenvalue weighted by molar-refractivity contribution is 6.09. The molecule has 0 aliphatic carbocycles. The molecule has 2 aromatic carbocycles. The molecule has 1 aliphatic heterocycles. The van der Waals surface area contributed by atoms with E-state index in [1.165, 1.54) is 0 Å². The van der Waals surface area contributed by atoms with E-state index in [0.717, 1.165) is 22.0 Å². The van der Waals surface area contributed by atoms with Gasteiger partial charge >= 0.3 is 6.09 Å². The van der Waals surface area contributed by atoms with E-state index in [0.29, 0.717) is 13.3 Å². The molecule has 1 heterocycles. The molecule has 0 N–H and O–H groups in total. The zero-order valence-electron chi connectivity index (χ0n) is 10.7. The Labute approximate surface area is 111 Å². The zero-order chi connectivity index (χ0) is 13.2. The first-order chi connectivity index (χ1) is 9.31. The van der Waals surface area contributed by atoms with Crippen LogP contribution in [0.1, 0.15) is 12.5 Å². The molecule has 0 aromatic heterocycles. The lowest BCUT2D eigenvalue weighted by molar-refractivity contribution is 0.160. The number of carbonyl (C=O) groups excluding carboxylic acids is 1. The van der Waals surface area contributed by atoms with E-state index in [1.807, 2.05) is 42.6 Å². The first-order valence-corrected chi connectivity index (χ1v) is 6.27. The van der Waals surface area contributed by atoms with Crippen LogP contribution in [0.25, 0.3) is 10.8 Å². The van der Waals surface area contributed by atoms with E-state index in [-0.39, 0.29) is 6.09 Å². The Morgan fingerprint density at radius 2 is 2.16 bits per heavy atom. The summed E-state index contributed by atoms with van der Waals surface area (Å²) in [5.41, 5.74) is 1.82. The van der Waals surface area contributed by atoms with E-state index < -0.39 is 0 Å². The number of aliphatic imine (C=N–C) groups is 1. The van der Waals surface area contributed by atoms with Gasteiger partial charge in [0.05, 0.1) is 12.3 Å². The third kappa shape index (κ3) is 1.95. The maximum absolute atomic E-state index is 11.9. The summed E-state index contributed by atoms with van der Waals surface area (Å²) in [7, 11) is 0. The number of hydrogen-bond acceptors (Lipinski definition) is 3. The summed E-state index contributed by atoms with van der Waals surface area (Å²) in [6.07, 6.45) is 1.48. The van der Waals surface area contributed by atoms with Crippen molar-refractivity contribution in [2.24, 2.45) is 4.99 Å². The van der Waals surface area contributed by atoms with Crippen LogP contribution >= 0.6 is 0 Å². The van der Waals surface area contributed by atoms with Gasteiger partial charge in [-0.25, -0.2) is 4.79 Å². The van der Waals surface area contributed by atoms with E-state index in [9.17, 15) is 4.79 Å². The van der Waals surface area contributed by atoms with Gasteiger partial charge in [-0.2, -0.15) is 0 Å². The number of hydrogen-bond donors (Lipinski definition) is 0. The smallest absolute Gasteiger partial charge is 0.415 e. The molecular formula is C15H14N2O2. The third-order valence-electron chi connectivity index (χ3n) is 3.17. The van der Waals surface area contributed by atoms with Crippen molar-refractivity contribution in [1.82, 2.24) is 0 Å². The van der Waals surface area contributed by atoms with Crippen LogP contribution in [0, 0.1) is 0 Å². The molecule has 4 heteroatoms. The average Bonchev–Trinajstić information content (AvgIpc) is 2.46. The molecule has 4 nitrogen and oxygen atoms in total. The van der Waals surface area contributed by atoms with E-state index in [4.69, 9.17) is 4.74 Å². The summed E-state index contributed by atoms with van der Waals surface area (Å²) in [6, 6.07) is 12.0. The number of benzene rings is 2. The van der Waals surface area contributed by atoms with Crippen molar-refractivity contribution in [3.8, 4) is 0 Å². The maximum Gasteiger partial charge on any atom is 0.415 e. The quantitative estimate of drug-likeness (QED) is 0.784. The van der Waals surface area contributed by atoms with Gasteiger partial charge in [0.15, 0.2) is 0 Å². The Morgan fingerprint density at radius 3 is 3.00 bits per heavy atom. The Kier molecular flexibility index (Phi) is 2.91. The molecule has 0 bridgehead atoms. The molecule has 3 rings (SSSR count). The monoisotopic (exact) mass is 254 g/mol. The Morgan fingerprint density at radius 1 is 1.32 bits per heavy atom. The number of carbonyl (C=O) groups is 1. The van der Waals surface area contributed by atoms with Crippen LogP contribution in [0.4, 0.5) is 10.5 Å². The summed E-state index contributed by atoms with van der Waals surface area (Å²) >= 11 is 0. The minimum Gasteiger partial charge on any atom is -0.449 e. The number of amides is 1. The zero-order valence-corrected chi connectivity index (χ0v) is 10.7. The van der Waals surface area contributed by atoms with Crippen molar-refractivity contribution < 1.29 is 9.53 Å². The topological polar surface area (TPSA) is 41.9 Å². The van der Waals surface area contributed by atoms with Crippen LogP contribution in [-0.4, -0.2) is 25.6 Å². The minimum atomic E-state index is -0.351. The highest BCUT2D eigenvalue weighted by Gasteiger charge is 2.22. The third-order valence-corrected chi connectivity index (χ3v) is 3.17. The van der Waals surface area contributed by atoms with Crippen LogP contribution in [0.3, 0.4) is 0 Å². The van der Waals surface area contributed by atoms with E-state index in [2.05, 4.69) is 4.99 Å². The van der Waals surface area contributed by atoms with Gasteiger partial charge in [0, 0.05) is 11.8 Å².